The Balaban J connectivity index is 2.30. The third kappa shape index (κ3) is 2.61. The summed E-state index contributed by atoms with van der Waals surface area (Å²) in [5.74, 6) is 0. The Morgan fingerprint density at radius 1 is 1.59 bits per heavy atom. The quantitative estimate of drug-likeness (QED) is 0.584. The lowest BCUT2D eigenvalue weighted by Crippen LogP contribution is -2.31. The van der Waals surface area contributed by atoms with Crippen LogP contribution in [-0.4, -0.2) is 15.5 Å². The van der Waals surface area contributed by atoms with Crippen LogP contribution in [-0.2, 0) is 4.74 Å². The Hall–Kier alpha value is -1.49. The second kappa shape index (κ2) is 4.41. The van der Waals surface area contributed by atoms with Crippen LogP contribution >= 0.6 is 0 Å². The molecule has 1 unspecified atom stereocenters. The summed E-state index contributed by atoms with van der Waals surface area (Å²) in [5.41, 5.74) is 0.480. The zero-order chi connectivity index (χ0) is 12.5. The van der Waals surface area contributed by atoms with E-state index in [-0.39, 0.29) is 17.4 Å². The van der Waals surface area contributed by atoms with Crippen molar-refractivity contribution < 1.29 is 9.66 Å². The molecular weight excluding hydrogens is 220 g/mol. The Bertz CT molecular complexity index is 432. The summed E-state index contributed by atoms with van der Waals surface area (Å²) in [7, 11) is 0. The second-order valence-electron chi connectivity index (χ2n) is 4.95. The summed E-state index contributed by atoms with van der Waals surface area (Å²) in [4.78, 5) is 14.3. The molecule has 1 atom stereocenters. The first-order chi connectivity index (χ1) is 7.99. The Labute approximate surface area is 100.0 Å². The van der Waals surface area contributed by atoms with Gasteiger partial charge in [-0.1, -0.05) is 0 Å². The molecule has 0 bridgehead atoms. The minimum Gasteiger partial charge on any atom is -0.367 e. The van der Waals surface area contributed by atoms with Gasteiger partial charge in [0.2, 0.25) is 0 Å². The molecule has 0 saturated carbocycles. The van der Waals surface area contributed by atoms with Crippen LogP contribution in [0.3, 0.4) is 0 Å². The number of aromatic nitrogens is 1. The van der Waals surface area contributed by atoms with Gasteiger partial charge in [0.15, 0.2) is 0 Å². The van der Waals surface area contributed by atoms with E-state index in [1.165, 1.54) is 6.20 Å². The lowest BCUT2D eigenvalue weighted by atomic mass is 9.92. The second-order valence-corrected chi connectivity index (χ2v) is 4.95. The predicted molar refractivity (Wildman–Crippen MR) is 62.6 cm³/mol. The highest BCUT2D eigenvalue weighted by molar-refractivity contribution is 5.38. The van der Waals surface area contributed by atoms with Crippen LogP contribution in [0.4, 0.5) is 5.69 Å². The molecule has 0 amide bonds. The molecule has 1 aliphatic heterocycles. The largest absolute Gasteiger partial charge is 0.367 e. The van der Waals surface area contributed by atoms with Gasteiger partial charge >= 0.3 is 0 Å². The van der Waals surface area contributed by atoms with E-state index in [9.17, 15) is 10.1 Å². The van der Waals surface area contributed by atoms with Crippen molar-refractivity contribution in [1.82, 2.24) is 4.98 Å². The summed E-state index contributed by atoms with van der Waals surface area (Å²) in [6, 6.07) is 1.68. The average molecular weight is 236 g/mol. The Morgan fingerprint density at radius 2 is 2.35 bits per heavy atom. The van der Waals surface area contributed by atoms with Crippen molar-refractivity contribution in [1.29, 1.82) is 0 Å². The molecule has 1 aromatic rings. The highest BCUT2D eigenvalue weighted by Gasteiger charge is 2.32. The van der Waals surface area contributed by atoms with Crippen LogP contribution in [0.1, 0.15) is 44.8 Å². The first kappa shape index (κ1) is 12.0. The van der Waals surface area contributed by atoms with E-state index < -0.39 is 4.92 Å². The van der Waals surface area contributed by atoms with Crippen molar-refractivity contribution in [2.75, 3.05) is 0 Å². The SMILES string of the molecule is CC1(C)CCCC(c2ccncc2[N+](=O)[O-])O1. The summed E-state index contributed by atoms with van der Waals surface area (Å²) < 4.78 is 5.92. The van der Waals surface area contributed by atoms with Gasteiger partial charge in [0, 0.05) is 6.20 Å². The molecular formula is C12H16N2O3. The molecule has 5 heteroatoms. The molecule has 0 N–H and O–H groups in total. The van der Waals surface area contributed by atoms with Crippen molar-refractivity contribution in [3.05, 3.63) is 34.1 Å². The monoisotopic (exact) mass is 236 g/mol. The highest BCUT2D eigenvalue weighted by Crippen LogP contribution is 2.39. The molecule has 0 aromatic carbocycles. The van der Waals surface area contributed by atoms with Gasteiger partial charge in [-0.25, -0.2) is 0 Å². The highest BCUT2D eigenvalue weighted by atomic mass is 16.6. The zero-order valence-electron chi connectivity index (χ0n) is 10.0. The maximum atomic E-state index is 10.9. The molecule has 1 fully saturated rings. The molecule has 1 saturated heterocycles. The molecule has 17 heavy (non-hydrogen) atoms. The Kier molecular flexibility index (Phi) is 3.11. The first-order valence-electron chi connectivity index (χ1n) is 5.76. The number of pyridine rings is 1. The van der Waals surface area contributed by atoms with Crippen molar-refractivity contribution in [3.8, 4) is 0 Å². The fraction of sp³-hybridized carbons (Fsp3) is 0.583. The van der Waals surface area contributed by atoms with E-state index in [1.807, 2.05) is 13.8 Å². The minimum absolute atomic E-state index is 0.0511. The lowest BCUT2D eigenvalue weighted by molar-refractivity contribution is -0.386. The van der Waals surface area contributed by atoms with Gasteiger partial charge in [0.1, 0.15) is 6.20 Å². The third-order valence-corrected chi connectivity index (χ3v) is 3.08. The smallest absolute Gasteiger partial charge is 0.293 e. The summed E-state index contributed by atoms with van der Waals surface area (Å²) in [6.45, 7) is 4.04. The fourth-order valence-electron chi connectivity index (χ4n) is 2.26. The summed E-state index contributed by atoms with van der Waals surface area (Å²) >= 11 is 0. The molecule has 2 rings (SSSR count). The van der Waals surface area contributed by atoms with E-state index in [1.54, 1.807) is 12.3 Å². The van der Waals surface area contributed by atoms with E-state index in [4.69, 9.17) is 4.74 Å². The predicted octanol–water partition coefficient (Wildman–Crippen LogP) is 3.01. The molecule has 0 aliphatic carbocycles. The topological polar surface area (TPSA) is 65.3 Å². The standard InChI is InChI=1S/C12H16N2O3/c1-12(2)6-3-4-11(17-12)9-5-7-13-8-10(9)14(15)16/h5,7-8,11H,3-4,6H2,1-2H3. The molecule has 5 nitrogen and oxygen atoms in total. The maximum absolute atomic E-state index is 10.9. The summed E-state index contributed by atoms with van der Waals surface area (Å²) in [6.07, 6.45) is 5.52. The minimum atomic E-state index is -0.396. The van der Waals surface area contributed by atoms with Gasteiger partial charge in [0.25, 0.3) is 5.69 Å². The van der Waals surface area contributed by atoms with Crippen LogP contribution in [0.2, 0.25) is 0 Å². The van der Waals surface area contributed by atoms with Crippen LogP contribution < -0.4 is 0 Å². The molecule has 1 aliphatic rings. The number of hydrogen-bond acceptors (Lipinski definition) is 4. The lowest BCUT2D eigenvalue weighted by Gasteiger charge is -2.35. The number of hydrogen-bond donors (Lipinski definition) is 0. The number of ether oxygens (including phenoxy) is 1. The number of nitrogens with zero attached hydrogens (tertiary/aromatic N) is 2. The third-order valence-electron chi connectivity index (χ3n) is 3.08. The van der Waals surface area contributed by atoms with Crippen LogP contribution in [0.25, 0.3) is 0 Å². The average Bonchev–Trinajstić information content (AvgIpc) is 2.27. The van der Waals surface area contributed by atoms with Gasteiger partial charge in [0.05, 0.1) is 22.2 Å². The van der Waals surface area contributed by atoms with Crippen LogP contribution in [0.15, 0.2) is 18.5 Å². The zero-order valence-corrected chi connectivity index (χ0v) is 10.0. The van der Waals surface area contributed by atoms with Gasteiger partial charge in [-0.15, -0.1) is 0 Å². The molecule has 92 valence electrons. The molecule has 2 heterocycles. The molecule has 0 radical (unpaired) electrons. The van der Waals surface area contributed by atoms with E-state index >= 15 is 0 Å². The molecule has 1 aromatic heterocycles. The van der Waals surface area contributed by atoms with E-state index in [0.29, 0.717) is 5.56 Å². The van der Waals surface area contributed by atoms with Crippen LogP contribution in [0, 0.1) is 10.1 Å². The summed E-state index contributed by atoms with van der Waals surface area (Å²) in [5, 5.41) is 10.9. The van der Waals surface area contributed by atoms with E-state index in [2.05, 4.69) is 4.98 Å². The number of nitro groups is 1. The van der Waals surface area contributed by atoms with Crippen molar-refractivity contribution in [2.24, 2.45) is 0 Å². The van der Waals surface area contributed by atoms with Crippen molar-refractivity contribution in [3.63, 3.8) is 0 Å². The number of rotatable bonds is 2. The molecule has 0 spiro atoms. The normalized spacial score (nSPS) is 23.3. The van der Waals surface area contributed by atoms with Gasteiger partial charge in [-0.05, 0) is 39.2 Å². The van der Waals surface area contributed by atoms with Crippen LogP contribution in [0.5, 0.6) is 0 Å². The van der Waals surface area contributed by atoms with Crippen molar-refractivity contribution >= 4 is 5.69 Å². The maximum Gasteiger partial charge on any atom is 0.293 e. The van der Waals surface area contributed by atoms with Gasteiger partial charge in [-0.3, -0.25) is 15.1 Å². The first-order valence-corrected chi connectivity index (χ1v) is 5.76. The fourth-order valence-corrected chi connectivity index (χ4v) is 2.26. The van der Waals surface area contributed by atoms with Crippen molar-refractivity contribution in [2.45, 2.75) is 44.8 Å². The van der Waals surface area contributed by atoms with Gasteiger partial charge < -0.3 is 4.74 Å². The van der Waals surface area contributed by atoms with Gasteiger partial charge in [-0.2, -0.15) is 0 Å². The Morgan fingerprint density at radius 3 is 3.00 bits per heavy atom. The van der Waals surface area contributed by atoms with E-state index in [0.717, 1.165) is 19.3 Å².